The summed E-state index contributed by atoms with van der Waals surface area (Å²) in [5.41, 5.74) is 2.99. The van der Waals surface area contributed by atoms with Crippen molar-refractivity contribution < 1.29 is 37.6 Å². The zero-order chi connectivity index (χ0) is 42.9. The standard InChI is InChI=1S/C51H61NO8Si/c1-6-32-54-36-43(37-58-61(51(3,4)5,44-28-18-10-19-29-44)45-30-20-11-21-31-45)59-50-47(52-39(2)53)49(57-35-42-26-16-9-17-27-42)48(56-34-41-24-14-8-15-25-41)46(60-50)38-55-33-40-22-12-7-13-23-40/h6-31,43,46-50H,1,32-38H2,2-5H3,(H,52,53)/t43-,46+,47+,48+,49+,50-/m0/s1. The van der Waals surface area contributed by atoms with Crippen molar-refractivity contribution in [3.63, 3.8) is 0 Å². The minimum Gasteiger partial charge on any atom is -0.405 e. The minimum atomic E-state index is -2.98. The zero-order valence-electron chi connectivity index (χ0n) is 35.9. The van der Waals surface area contributed by atoms with Crippen molar-refractivity contribution in [3.05, 3.63) is 181 Å². The van der Waals surface area contributed by atoms with Gasteiger partial charge in [0.15, 0.2) is 6.29 Å². The van der Waals surface area contributed by atoms with Crippen LogP contribution in [0, 0.1) is 0 Å². The van der Waals surface area contributed by atoms with Gasteiger partial charge >= 0.3 is 0 Å². The van der Waals surface area contributed by atoms with Crippen molar-refractivity contribution in [2.45, 2.75) is 89.3 Å². The smallest absolute Gasteiger partial charge is 0.261 e. The number of rotatable bonds is 22. The Labute approximate surface area is 363 Å². The second kappa shape index (κ2) is 22.9. The lowest BCUT2D eigenvalue weighted by Gasteiger charge is -2.47. The fourth-order valence-corrected chi connectivity index (χ4v) is 12.5. The van der Waals surface area contributed by atoms with Crippen LogP contribution in [0.5, 0.6) is 0 Å². The van der Waals surface area contributed by atoms with Gasteiger partial charge < -0.3 is 38.2 Å². The normalized spacial score (nSPS) is 19.8. The van der Waals surface area contributed by atoms with Gasteiger partial charge in [-0.05, 0) is 32.1 Å². The van der Waals surface area contributed by atoms with E-state index in [2.05, 4.69) is 81.2 Å². The highest BCUT2D eigenvalue weighted by Gasteiger charge is 2.52. The van der Waals surface area contributed by atoms with E-state index in [-0.39, 0.29) is 44.0 Å². The molecule has 0 unspecified atom stereocenters. The van der Waals surface area contributed by atoms with E-state index in [0.29, 0.717) is 13.2 Å². The first-order valence-corrected chi connectivity index (χ1v) is 23.0. The minimum absolute atomic E-state index is 0.169. The number of hydrogen-bond acceptors (Lipinski definition) is 8. The summed E-state index contributed by atoms with van der Waals surface area (Å²) in [5, 5.41) is 5.16. The fraction of sp³-hybridized carbons (Fsp3) is 0.353. The number of amides is 1. The summed E-state index contributed by atoms with van der Waals surface area (Å²) in [7, 11) is -2.98. The lowest BCUT2D eigenvalue weighted by Crippen LogP contribution is -2.68. The number of nitrogens with one attached hydrogen (secondary N) is 1. The molecular weight excluding hydrogens is 783 g/mol. The Morgan fingerprint density at radius 2 is 1.16 bits per heavy atom. The van der Waals surface area contributed by atoms with E-state index in [1.54, 1.807) is 6.08 Å². The van der Waals surface area contributed by atoms with Gasteiger partial charge in [0, 0.05) is 6.92 Å². The molecule has 322 valence electrons. The van der Waals surface area contributed by atoms with Crippen molar-refractivity contribution in [1.82, 2.24) is 5.32 Å². The Bertz CT molecular complexity index is 1980. The summed E-state index contributed by atoms with van der Waals surface area (Å²) in [6.45, 7) is 13.8. The van der Waals surface area contributed by atoms with Gasteiger partial charge in [-0.2, -0.15) is 0 Å². The predicted molar refractivity (Wildman–Crippen MR) is 242 cm³/mol. The Hall–Kier alpha value is -4.75. The molecule has 0 radical (unpaired) electrons. The molecule has 1 aliphatic heterocycles. The van der Waals surface area contributed by atoms with Crippen LogP contribution in [0.15, 0.2) is 164 Å². The molecule has 0 aliphatic carbocycles. The average molecular weight is 844 g/mol. The lowest BCUT2D eigenvalue weighted by atomic mass is 9.95. The summed E-state index contributed by atoms with van der Waals surface area (Å²) in [6.07, 6.45) is -1.98. The summed E-state index contributed by atoms with van der Waals surface area (Å²) in [6, 6.07) is 50.1. The molecule has 0 saturated carbocycles. The van der Waals surface area contributed by atoms with E-state index in [4.69, 9.17) is 32.8 Å². The maximum Gasteiger partial charge on any atom is 0.261 e. The fourth-order valence-electron chi connectivity index (χ4n) is 7.92. The third-order valence-electron chi connectivity index (χ3n) is 10.7. The van der Waals surface area contributed by atoms with Gasteiger partial charge in [-0.3, -0.25) is 4.79 Å². The molecule has 1 saturated heterocycles. The topological polar surface area (TPSA) is 93.7 Å². The van der Waals surface area contributed by atoms with Crippen LogP contribution in [0.4, 0.5) is 0 Å². The van der Waals surface area contributed by atoms with Gasteiger partial charge in [0.25, 0.3) is 8.32 Å². The number of hydrogen-bond donors (Lipinski definition) is 1. The molecule has 6 atom stereocenters. The summed E-state index contributed by atoms with van der Waals surface area (Å²) < 4.78 is 47.4. The Kier molecular flexibility index (Phi) is 17.2. The molecule has 0 bridgehead atoms. The molecule has 61 heavy (non-hydrogen) atoms. The number of ether oxygens (including phenoxy) is 6. The molecule has 1 amide bonds. The highest BCUT2D eigenvalue weighted by Crippen LogP contribution is 2.37. The monoisotopic (exact) mass is 843 g/mol. The molecular formula is C51H61NO8Si. The van der Waals surface area contributed by atoms with Crippen molar-refractivity contribution in [2.75, 3.05) is 26.4 Å². The first-order chi connectivity index (χ1) is 29.7. The molecule has 1 fully saturated rings. The third-order valence-corrected chi connectivity index (χ3v) is 15.8. The highest BCUT2D eigenvalue weighted by atomic mass is 28.4. The van der Waals surface area contributed by atoms with Gasteiger partial charge in [-0.15, -0.1) is 6.58 Å². The Morgan fingerprint density at radius 1 is 0.689 bits per heavy atom. The van der Waals surface area contributed by atoms with Crippen LogP contribution in [0.2, 0.25) is 5.04 Å². The molecule has 1 heterocycles. The Morgan fingerprint density at radius 3 is 1.64 bits per heavy atom. The maximum absolute atomic E-state index is 13.2. The number of carbonyl (C=O) groups excluding carboxylic acids is 1. The van der Waals surface area contributed by atoms with Gasteiger partial charge in [0.2, 0.25) is 5.91 Å². The van der Waals surface area contributed by atoms with Crippen molar-refractivity contribution >= 4 is 24.6 Å². The molecule has 5 aromatic rings. The summed E-state index contributed by atoms with van der Waals surface area (Å²) in [5.74, 6) is -0.265. The van der Waals surface area contributed by atoms with Crippen LogP contribution in [-0.4, -0.2) is 77.4 Å². The van der Waals surface area contributed by atoms with Crippen LogP contribution in [0.1, 0.15) is 44.4 Å². The molecule has 0 spiro atoms. The van der Waals surface area contributed by atoms with Crippen molar-refractivity contribution in [2.24, 2.45) is 0 Å². The molecule has 5 aromatic carbocycles. The Balaban J connectivity index is 1.36. The van der Waals surface area contributed by atoms with E-state index < -0.39 is 45.1 Å². The van der Waals surface area contributed by atoms with Crippen LogP contribution in [0.25, 0.3) is 0 Å². The van der Waals surface area contributed by atoms with E-state index in [1.165, 1.54) is 6.92 Å². The van der Waals surface area contributed by atoms with Gasteiger partial charge in [0.05, 0.1) is 46.2 Å². The van der Waals surface area contributed by atoms with Crippen molar-refractivity contribution in [3.8, 4) is 0 Å². The van der Waals surface area contributed by atoms with E-state index in [0.717, 1.165) is 27.1 Å². The van der Waals surface area contributed by atoms with Gasteiger partial charge in [0.1, 0.15) is 30.5 Å². The van der Waals surface area contributed by atoms with Gasteiger partial charge in [-0.25, -0.2) is 0 Å². The van der Waals surface area contributed by atoms with Crippen LogP contribution >= 0.6 is 0 Å². The van der Waals surface area contributed by atoms with E-state index in [9.17, 15) is 4.79 Å². The molecule has 1 aliphatic rings. The van der Waals surface area contributed by atoms with Crippen LogP contribution in [0.3, 0.4) is 0 Å². The first kappa shape index (κ1) is 45.8. The largest absolute Gasteiger partial charge is 0.405 e. The average Bonchev–Trinajstić information content (AvgIpc) is 3.27. The zero-order valence-corrected chi connectivity index (χ0v) is 36.9. The van der Waals surface area contributed by atoms with E-state index in [1.807, 2.05) is 103 Å². The molecule has 1 N–H and O–H groups in total. The summed E-state index contributed by atoms with van der Waals surface area (Å²) >= 11 is 0. The number of carbonyl (C=O) groups is 1. The van der Waals surface area contributed by atoms with Gasteiger partial charge in [-0.1, -0.05) is 179 Å². The van der Waals surface area contributed by atoms with Crippen LogP contribution < -0.4 is 15.7 Å². The van der Waals surface area contributed by atoms with Crippen LogP contribution in [-0.2, 0) is 57.5 Å². The lowest BCUT2D eigenvalue weighted by molar-refractivity contribution is -0.303. The van der Waals surface area contributed by atoms with E-state index >= 15 is 0 Å². The second-order valence-electron chi connectivity index (χ2n) is 16.4. The SMILES string of the molecule is C=CCOC[C@@H](CO[Si](c1ccccc1)(c1ccccc1)C(C)(C)C)O[C@H]1O[C@H](COCc2ccccc2)[C@@H](OCc2ccccc2)[C@H](OCc2ccccc2)[C@H]1NC(C)=O. The number of benzene rings is 5. The maximum atomic E-state index is 13.2. The quantitative estimate of drug-likeness (QED) is 0.0430. The highest BCUT2D eigenvalue weighted by molar-refractivity contribution is 6.99. The molecule has 0 aromatic heterocycles. The third kappa shape index (κ3) is 12.7. The predicted octanol–water partition coefficient (Wildman–Crippen LogP) is 7.77. The summed E-state index contributed by atoms with van der Waals surface area (Å²) in [4.78, 5) is 13.2. The van der Waals surface area contributed by atoms with Crippen molar-refractivity contribution in [1.29, 1.82) is 0 Å². The molecule has 6 rings (SSSR count). The molecule has 9 nitrogen and oxygen atoms in total. The second-order valence-corrected chi connectivity index (χ2v) is 20.7. The molecule has 10 heteroatoms. The first-order valence-electron chi connectivity index (χ1n) is 21.1.